The number of H-pyrrole nitrogens is 1. The first-order valence-electron chi connectivity index (χ1n) is 8.15. The highest BCUT2D eigenvalue weighted by Gasteiger charge is 2.21. The average Bonchev–Trinajstić information content (AvgIpc) is 2.98. The smallest absolute Gasteiger partial charge is 0.352 e. The van der Waals surface area contributed by atoms with Gasteiger partial charge in [0, 0.05) is 41.3 Å². The van der Waals surface area contributed by atoms with E-state index in [0.717, 1.165) is 5.69 Å². The fourth-order valence-corrected chi connectivity index (χ4v) is 3.55. The van der Waals surface area contributed by atoms with Crippen LogP contribution < -0.4 is 4.90 Å². The first-order chi connectivity index (χ1) is 13.2. The monoisotopic (exact) mass is 418 g/mol. The van der Waals surface area contributed by atoms with E-state index in [0.29, 0.717) is 21.5 Å². The number of aromatic amines is 1. The molecule has 3 N–H and O–H groups in total. The molecule has 0 radical (unpaired) electrons. The minimum absolute atomic E-state index is 0.0573. The molecule has 144 valence electrons. The highest BCUT2D eigenvalue weighted by atomic mass is 35.5. The summed E-state index contributed by atoms with van der Waals surface area (Å²) in [5, 5.41) is 20.3. The van der Waals surface area contributed by atoms with Gasteiger partial charge in [0.2, 0.25) is 0 Å². The minimum atomic E-state index is -1.23. The molecule has 1 heterocycles. The van der Waals surface area contributed by atoms with Gasteiger partial charge < -0.3 is 20.1 Å². The maximum atomic E-state index is 12.0. The maximum Gasteiger partial charge on any atom is 0.352 e. The molecule has 0 aliphatic rings. The molecule has 0 fully saturated rings. The Morgan fingerprint density at radius 1 is 1.11 bits per heavy atom. The number of benzene rings is 2. The van der Waals surface area contributed by atoms with Gasteiger partial charge in [-0.05, 0) is 35.9 Å². The topological polar surface area (TPSA) is 93.6 Å². The predicted molar refractivity (Wildman–Crippen MR) is 112 cm³/mol. The van der Waals surface area contributed by atoms with Gasteiger partial charge in [-0.25, -0.2) is 9.59 Å². The summed E-state index contributed by atoms with van der Waals surface area (Å²) < 4.78 is 0. The van der Waals surface area contributed by atoms with E-state index in [1.54, 1.807) is 24.3 Å². The molecule has 0 amide bonds. The SMILES string of the molecule is CN(C)c1cccc(/C(=C\c2c(C(=O)O)[nH]c3cc(Cl)cc(Cl)c23)C(=O)O)c1. The highest BCUT2D eigenvalue weighted by Crippen LogP contribution is 2.35. The number of aliphatic carboxylic acids is 1. The lowest BCUT2D eigenvalue weighted by atomic mass is 10.0. The van der Waals surface area contributed by atoms with Crippen LogP contribution in [-0.4, -0.2) is 41.2 Å². The van der Waals surface area contributed by atoms with Crippen molar-refractivity contribution >= 4 is 63.4 Å². The van der Waals surface area contributed by atoms with Crippen molar-refractivity contribution < 1.29 is 19.8 Å². The quantitative estimate of drug-likeness (QED) is 0.514. The van der Waals surface area contributed by atoms with E-state index in [1.807, 2.05) is 25.1 Å². The van der Waals surface area contributed by atoms with Crippen LogP contribution in [0.2, 0.25) is 10.0 Å². The Morgan fingerprint density at radius 3 is 2.43 bits per heavy atom. The molecule has 0 atom stereocenters. The third kappa shape index (κ3) is 3.69. The van der Waals surface area contributed by atoms with Gasteiger partial charge >= 0.3 is 11.9 Å². The Hall–Kier alpha value is -2.96. The normalized spacial score (nSPS) is 11.6. The van der Waals surface area contributed by atoms with Gasteiger partial charge in [0.25, 0.3) is 0 Å². The van der Waals surface area contributed by atoms with Crippen molar-refractivity contribution in [2.24, 2.45) is 0 Å². The molecule has 0 aliphatic carbocycles. The molecule has 28 heavy (non-hydrogen) atoms. The summed E-state index contributed by atoms with van der Waals surface area (Å²) in [6.07, 6.45) is 1.32. The van der Waals surface area contributed by atoms with E-state index in [9.17, 15) is 19.8 Å². The number of halogens is 2. The molecule has 0 bridgehead atoms. The summed E-state index contributed by atoms with van der Waals surface area (Å²) in [5.41, 5.74) is 1.62. The van der Waals surface area contributed by atoms with Crippen LogP contribution in [0.5, 0.6) is 0 Å². The molecule has 0 aliphatic heterocycles. The van der Waals surface area contributed by atoms with Crippen LogP contribution >= 0.6 is 23.2 Å². The van der Waals surface area contributed by atoms with E-state index >= 15 is 0 Å². The first kappa shape index (κ1) is 19.8. The fourth-order valence-electron chi connectivity index (χ4n) is 2.95. The van der Waals surface area contributed by atoms with E-state index < -0.39 is 11.9 Å². The number of fused-ring (bicyclic) bond motifs is 1. The summed E-state index contributed by atoms with van der Waals surface area (Å²) in [6, 6.07) is 9.97. The summed E-state index contributed by atoms with van der Waals surface area (Å²) in [4.78, 5) is 28.3. The van der Waals surface area contributed by atoms with Gasteiger partial charge in [0.15, 0.2) is 0 Å². The van der Waals surface area contributed by atoms with Crippen LogP contribution in [0.25, 0.3) is 22.6 Å². The van der Waals surface area contributed by atoms with E-state index in [-0.39, 0.29) is 21.9 Å². The highest BCUT2D eigenvalue weighted by molar-refractivity contribution is 6.39. The van der Waals surface area contributed by atoms with Crippen LogP contribution in [-0.2, 0) is 4.79 Å². The van der Waals surface area contributed by atoms with Crippen molar-refractivity contribution in [1.82, 2.24) is 4.98 Å². The van der Waals surface area contributed by atoms with Crippen molar-refractivity contribution in [3.8, 4) is 0 Å². The molecule has 0 saturated heterocycles. The summed E-state index contributed by atoms with van der Waals surface area (Å²) in [6.45, 7) is 0. The maximum absolute atomic E-state index is 12.0. The number of nitrogens with one attached hydrogen (secondary N) is 1. The molecule has 0 spiro atoms. The molecular weight excluding hydrogens is 403 g/mol. The predicted octanol–water partition coefficient (Wildman–Crippen LogP) is 4.86. The number of hydrogen-bond acceptors (Lipinski definition) is 3. The zero-order chi connectivity index (χ0) is 20.6. The molecule has 8 heteroatoms. The Balaban J connectivity index is 2.31. The first-order valence-corrected chi connectivity index (χ1v) is 8.91. The molecule has 0 saturated carbocycles. The van der Waals surface area contributed by atoms with Gasteiger partial charge in [-0.3, -0.25) is 0 Å². The van der Waals surface area contributed by atoms with Gasteiger partial charge in [0.05, 0.1) is 10.6 Å². The average molecular weight is 419 g/mol. The number of carboxylic acids is 2. The second-order valence-corrected chi connectivity index (χ2v) is 7.18. The number of nitrogens with zero attached hydrogens (tertiary/aromatic N) is 1. The molecular formula is C20H16Cl2N2O4. The molecule has 2 aromatic carbocycles. The van der Waals surface area contributed by atoms with Crippen molar-refractivity contribution in [2.75, 3.05) is 19.0 Å². The number of aromatic carboxylic acids is 1. The molecule has 3 rings (SSSR count). The number of carboxylic acid groups (broad SMARTS) is 2. The zero-order valence-electron chi connectivity index (χ0n) is 15.0. The van der Waals surface area contributed by atoms with Crippen molar-refractivity contribution in [3.05, 3.63) is 63.3 Å². The molecule has 6 nitrogen and oxygen atoms in total. The minimum Gasteiger partial charge on any atom is -0.478 e. The van der Waals surface area contributed by atoms with Crippen LogP contribution in [0.1, 0.15) is 21.6 Å². The third-order valence-electron chi connectivity index (χ3n) is 4.26. The van der Waals surface area contributed by atoms with Gasteiger partial charge in [0.1, 0.15) is 5.69 Å². The standard InChI is InChI=1S/C20H16Cl2N2O4/c1-24(2)12-5-3-4-10(6-12)13(19(25)26)9-14-17-15(22)7-11(21)8-16(17)23-18(14)20(27)28/h3-9,23H,1-2H3,(H,25,26)(H,27,28)/b13-9+. The van der Waals surface area contributed by atoms with Crippen LogP contribution in [0.15, 0.2) is 36.4 Å². The number of rotatable bonds is 5. The largest absolute Gasteiger partial charge is 0.478 e. The van der Waals surface area contributed by atoms with Crippen LogP contribution in [0.4, 0.5) is 5.69 Å². The van der Waals surface area contributed by atoms with E-state index in [4.69, 9.17) is 23.2 Å². The fraction of sp³-hybridized carbons (Fsp3) is 0.100. The number of aromatic nitrogens is 1. The Kier molecular flexibility index (Phi) is 5.36. The van der Waals surface area contributed by atoms with Crippen molar-refractivity contribution in [2.45, 2.75) is 0 Å². The van der Waals surface area contributed by atoms with Crippen LogP contribution in [0, 0.1) is 0 Å². The Morgan fingerprint density at radius 2 is 1.82 bits per heavy atom. The second kappa shape index (κ2) is 7.58. The van der Waals surface area contributed by atoms with Gasteiger partial charge in [-0.2, -0.15) is 0 Å². The van der Waals surface area contributed by atoms with Gasteiger partial charge in [-0.1, -0.05) is 35.3 Å². The molecule has 3 aromatic rings. The lowest BCUT2D eigenvalue weighted by molar-refractivity contribution is -0.130. The van der Waals surface area contributed by atoms with Crippen molar-refractivity contribution in [3.63, 3.8) is 0 Å². The number of hydrogen-bond donors (Lipinski definition) is 3. The Labute approximate surface area is 170 Å². The number of carbonyl (C=O) groups is 2. The molecule has 1 aromatic heterocycles. The van der Waals surface area contributed by atoms with Crippen LogP contribution in [0.3, 0.4) is 0 Å². The summed E-state index contributed by atoms with van der Waals surface area (Å²) >= 11 is 12.3. The second-order valence-electron chi connectivity index (χ2n) is 6.34. The Bertz CT molecular complexity index is 1130. The summed E-state index contributed by atoms with van der Waals surface area (Å²) in [7, 11) is 3.68. The number of anilines is 1. The van der Waals surface area contributed by atoms with E-state index in [1.165, 1.54) is 12.1 Å². The van der Waals surface area contributed by atoms with E-state index in [2.05, 4.69) is 4.98 Å². The lowest BCUT2D eigenvalue weighted by Gasteiger charge is -2.14. The van der Waals surface area contributed by atoms with Gasteiger partial charge in [-0.15, -0.1) is 0 Å². The van der Waals surface area contributed by atoms with Crippen molar-refractivity contribution in [1.29, 1.82) is 0 Å². The third-order valence-corrected chi connectivity index (χ3v) is 4.78. The molecule has 0 unspecified atom stereocenters. The lowest BCUT2D eigenvalue weighted by Crippen LogP contribution is -2.09. The zero-order valence-corrected chi connectivity index (χ0v) is 16.5. The summed E-state index contributed by atoms with van der Waals surface area (Å²) in [5.74, 6) is -2.42.